The molecule has 0 aliphatic rings. The topological polar surface area (TPSA) is 9.23 Å². The molecule has 0 bridgehead atoms. The molecular weight excluding hydrogens is 308 g/mol. The van der Waals surface area contributed by atoms with Crippen LogP contribution in [0.1, 0.15) is 33.4 Å². The maximum absolute atomic E-state index is 6.35. The summed E-state index contributed by atoms with van der Waals surface area (Å²) in [6.45, 7) is 6.35. The van der Waals surface area contributed by atoms with Crippen molar-refractivity contribution in [3.63, 3.8) is 0 Å². The molecule has 0 heterocycles. The summed E-state index contributed by atoms with van der Waals surface area (Å²) in [5, 5.41) is 0. The van der Waals surface area contributed by atoms with Crippen molar-refractivity contribution in [1.29, 1.82) is 0 Å². The molecule has 3 rings (SSSR count). The summed E-state index contributed by atoms with van der Waals surface area (Å²) < 4.78 is 6.35. The van der Waals surface area contributed by atoms with E-state index in [0.717, 1.165) is 0 Å². The lowest BCUT2D eigenvalue weighted by Crippen LogP contribution is -2.32. The van der Waals surface area contributed by atoms with Gasteiger partial charge in [0.05, 0.1) is 0 Å². The summed E-state index contributed by atoms with van der Waals surface area (Å²) in [5.41, 5.74) is 6.76. The van der Waals surface area contributed by atoms with E-state index in [0.29, 0.717) is 10.5 Å². The van der Waals surface area contributed by atoms with Crippen molar-refractivity contribution in [3.05, 3.63) is 106 Å². The maximum Gasteiger partial charge on any atom is 0.148 e. The Balaban J connectivity index is 2.27. The summed E-state index contributed by atoms with van der Waals surface area (Å²) in [6, 6.07) is 26.1. The zero-order valence-electron chi connectivity index (χ0n) is 14.8. The van der Waals surface area contributed by atoms with Gasteiger partial charge in [0.15, 0.2) is 0 Å². The predicted octanol–water partition coefficient (Wildman–Crippen LogP) is 4.20. The van der Waals surface area contributed by atoms with Gasteiger partial charge in [-0.05, 0) is 37.5 Å². The van der Waals surface area contributed by atoms with Crippen LogP contribution < -0.4 is 0 Å². The highest BCUT2D eigenvalue weighted by molar-refractivity contribution is 5.99. The molecule has 0 fully saturated rings. The largest absolute Gasteiger partial charge is 0.411 e. The highest BCUT2D eigenvalue weighted by Crippen LogP contribution is 2.40. The lowest BCUT2D eigenvalue weighted by Gasteiger charge is -2.35. The fourth-order valence-corrected chi connectivity index (χ4v) is 3.93. The Morgan fingerprint density at radius 3 is 1.00 bits per heavy atom. The highest BCUT2D eigenvalue weighted by Gasteiger charge is 2.35. The standard InChI is InChI=1S/C22H24OSi/c1-16-4-10-19(11-5-16)22(23-24,20-12-6-17(2)7-13-20)21-14-8-18(3)9-15-21/h4-15H,1-3,24H3. The number of rotatable bonds is 4. The molecule has 2 heteroatoms. The molecular formula is C22H24OSi. The Labute approximate surface area is 147 Å². The van der Waals surface area contributed by atoms with Crippen LogP contribution in [0.2, 0.25) is 0 Å². The first-order chi connectivity index (χ1) is 11.6. The molecule has 3 aromatic rings. The Morgan fingerprint density at radius 1 is 0.542 bits per heavy atom. The van der Waals surface area contributed by atoms with E-state index in [1.165, 1.54) is 33.4 Å². The third-order valence-electron chi connectivity index (χ3n) is 4.68. The molecule has 0 aliphatic heterocycles. The van der Waals surface area contributed by atoms with Crippen LogP contribution in [-0.2, 0) is 10.0 Å². The van der Waals surface area contributed by atoms with E-state index in [2.05, 4.69) is 93.6 Å². The van der Waals surface area contributed by atoms with Crippen LogP contribution in [0.25, 0.3) is 0 Å². The van der Waals surface area contributed by atoms with E-state index >= 15 is 0 Å². The Kier molecular flexibility index (Phi) is 4.70. The van der Waals surface area contributed by atoms with E-state index in [-0.39, 0.29) is 0 Å². The summed E-state index contributed by atoms with van der Waals surface area (Å²) in [5.74, 6) is 0. The average Bonchev–Trinajstić information content (AvgIpc) is 2.60. The second-order valence-electron chi connectivity index (χ2n) is 6.48. The fraction of sp³-hybridized carbons (Fsp3) is 0.182. The van der Waals surface area contributed by atoms with Crippen LogP contribution in [0.5, 0.6) is 0 Å². The normalized spacial score (nSPS) is 11.6. The Hall–Kier alpha value is -2.16. The highest BCUT2D eigenvalue weighted by atomic mass is 28.2. The Bertz CT molecular complexity index is 691. The number of aryl methyl sites for hydroxylation is 3. The summed E-state index contributed by atoms with van der Waals surface area (Å²) in [6.07, 6.45) is 0. The molecule has 0 amide bonds. The molecule has 24 heavy (non-hydrogen) atoms. The van der Waals surface area contributed by atoms with E-state index in [1.54, 1.807) is 0 Å². The minimum absolute atomic E-state index is 0.540. The molecule has 0 aromatic heterocycles. The summed E-state index contributed by atoms with van der Waals surface area (Å²) in [7, 11) is 0.645. The van der Waals surface area contributed by atoms with E-state index in [4.69, 9.17) is 4.43 Å². The molecule has 0 atom stereocenters. The molecule has 0 spiro atoms. The molecule has 122 valence electrons. The number of hydrogen-bond acceptors (Lipinski definition) is 1. The summed E-state index contributed by atoms with van der Waals surface area (Å²) in [4.78, 5) is 0. The van der Waals surface area contributed by atoms with Gasteiger partial charge in [-0.15, -0.1) is 0 Å². The van der Waals surface area contributed by atoms with Gasteiger partial charge in [0.25, 0.3) is 0 Å². The van der Waals surface area contributed by atoms with Gasteiger partial charge in [-0.3, -0.25) is 0 Å². The van der Waals surface area contributed by atoms with Crippen LogP contribution >= 0.6 is 0 Å². The van der Waals surface area contributed by atoms with E-state index in [1.807, 2.05) is 0 Å². The zero-order chi connectivity index (χ0) is 17.2. The van der Waals surface area contributed by atoms with Gasteiger partial charge < -0.3 is 4.43 Å². The zero-order valence-corrected chi connectivity index (χ0v) is 16.8. The first-order valence-electron chi connectivity index (χ1n) is 8.33. The third kappa shape index (κ3) is 2.95. The van der Waals surface area contributed by atoms with Crippen molar-refractivity contribution < 1.29 is 4.43 Å². The molecule has 0 radical (unpaired) electrons. The first kappa shape index (κ1) is 16.7. The molecule has 0 unspecified atom stereocenters. The van der Waals surface area contributed by atoms with Crippen LogP contribution in [0.4, 0.5) is 0 Å². The van der Waals surface area contributed by atoms with Crippen molar-refractivity contribution in [2.24, 2.45) is 0 Å². The van der Waals surface area contributed by atoms with E-state index < -0.39 is 5.60 Å². The smallest absolute Gasteiger partial charge is 0.148 e. The van der Waals surface area contributed by atoms with Crippen LogP contribution in [-0.4, -0.2) is 10.5 Å². The SMILES string of the molecule is Cc1ccc(C(O[SiH3])(c2ccc(C)cc2)c2ccc(C)cc2)cc1. The third-order valence-corrected chi connectivity index (χ3v) is 5.29. The first-order valence-corrected chi connectivity index (χ1v) is 9.14. The monoisotopic (exact) mass is 332 g/mol. The molecule has 3 aromatic carbocycles. The Morgan fingerprint density at radius 2 is 0.792 bits per heavy atom. The molecule has 0 saturated heterocycles. The molecule has 0 aliphatic carbocycles. The minimum Gasteiger partial charge on any atom is -0.411 e. The van der Waals surface area contributed by atoms with Crippen LogP contribution in [0, 0.1) is 20.8 Å². The lowest BCUT2D eigenvalue weighted by atomic mass is 9.80. The number of hydrogen-bond donors (Lipinski definition) is 0. The maximum atomic E-state index is 6.35. The quantitative estimate of drug-likeness (QED) is 0.514. The van der Waals surface area contributed by atoms with Gasteiger partial charge in [0, 0.05) is 0 Å². The van der Waals surface area contributed by atoms with Gasteiger partial charge in [0.1, 0.15) is 16.1 Å². The second kappa shape index (κ2) is 6.76. The van der Waals surface area contributed by atoms with Gasteiger partial charge in [-0.2, -0.15) is 0 Å². The van der Waals surface area contributed by atoms with Gasteiger partial charge in [-0.25, -0.2) is 0 Å². The average molecular weight is 333 g/mol. The van der Waals surface area contributed by atoms with Gasteiger partial charge in [0.2, 0.25) is 0 Å². The van der Waals surface area contributed by atoms with Gasteiger partial charge >= 0.3 is 0 Å². The lowest BCUT2D eigenvalue weighted by molar-refractivity contribution is 0.173. The van der Waals surface area contributed by atoms with Crippen molar-refractivity contribution in [1.82, 2.24) is 0 Å². The van der Waals surface area contributed by atoms with Crippen molar-refractivity contribution in [2.75, 3.05) is 0 Å². The van der Waals surface area contributed by atoms with Gasteiger partial charge in [-0.1, -0.05) is 89.5 Å². The van der Waals surface area contributed by atoms with Crippen molar-refractivity contribution in [3.8, 4) is 0 Å². The second-order valence-corrected chi connectivity index (χ2v) is 6.89. The van der Waals surface area contributed by atoms with Crippen molar-refractivity contribution in [2.45, 2.75) is 26.4 Å². The molecule has 1 nitrogen and oxygen atoms in total. The molecule has 0 N–H and O–H groups in total. The fourth-order valence-electron chi connectivity index (χ4n) is 3.22. The summed E-state index contributed by atoms with van der Waals surface area (Å²) >= 11 is 0. The van der Waals surface area contributed by atoms with Crippen molar-refractivity contribution >= 4 is 10.5 Å². The number of benzene rings is 3. The van der Waals surface area contributed by atoms with Crippen LogP contribution in [0.15, 0.2) is 72.8 Å². The minimum atomic E-state index is -0.540. The predicted molar refractivity (Wildman–Crippen MR) is 104 cm³/mol. The van der Waals surface area contributed by atoms with E-state index in [9.17, 15) is 0 Å². The molecule has 0 saturated carbocycles. The van der Waals surface area contributed by atoms with Crippen LogP contribution in [0.3, 0.4) is 0 Å².